The smallest absolute Gasteiger partial charge is 0.417 e. The molecule has 3 saturated heterocycles. The van der Waals surface area contributed by atoms with Crippen LogP contribution in [-0.4, -0.2) is 106 Å². The summed E-state index contributed by atoms with van der Waals surface area (Å²) in [5.74, 6) is -0.447. The molecule has 20 heteroatoms. The van der Waals surface area contributed by atoms with E-state index in [1.54, 1.807) is 49.1 Å². The van der Waals surface area contributed by atoms with E-state index in [1.165, 1.54) is 17.4 Å². The molecule has 0 bridgehead atoms. The summed E-state index contributed by atoms with van der Waals surface area (Å²) in [7, 11) is 0. The molecule has 1 spiro atoms. The number of carbonyl (C=O) groups is 4. The predicted molar refractivity (Wildman–Crippen MR) is 261 cm³/mol. The van der Waals surface area contributed by atoms with Crippen molar-refractivity contribution in [2.75, 3.05) is 36.2 Å². The number of hydrogen-bond donors (Lipinski definition) is 3. The van der Waals surface area contributed by atoms with Gasteiger partial charge in [-0.15, -0.1) is 0 Å². The molecule has 8 rings (SSSR count). The first-order valence-electron chi connectivity index (χ1n) is 23.8. The summed E-state index contributed by atoms with van der Waals surface area (Å²) in [6, 6.07) is 16.7. The number of benzene rings is 3. The van der Waals surface area contributed by atoms with Gasteiger partial charge in [0.1, 0.15) is 30.0 Å². The third-order valence-corrected chi connectivity index (χ3v) is 14.2. The number of carbonyl (C=O) groups excluding carboxylic acids is 4. The Morgan fingerprint density at radius 2 is 1.67 bits per heavy atom. The summed E-state index contributed by atoms with van der Waals surface area (Å²) in [6.07, 6.45) is -2.19. The Labute approximate surface area is 420 Å². The number of aryl methyl sites for hydroxylation is 1. The molecule has 1 saturated carbocycles. The average molecular weight is 1010 g/mol. The molecule has 0 radical (unpaired) electrons. The first-order valence-corrected chi connectivity index (χ1v) is 24.2. The van der Waals surface area contributed by atoms with Gasteiger partial charge < -0.3 is 44.2 Å². The molecule has 72 heavy (non-hydrogen) atoms. The lowest BCUT2D eigenvalue weighted by Crippen LogP contribution is -2.61. The number of rotatable bonds is 15. The van der Waals surface area contributed by atoms with Crippen LogP contribution in [0.2, 0.25) is 0 Å². The lowest BCUT2D eigenvalue weighted by molar-refractivity contribution is -0.273. The van der Waals surface area contributed by atoms with Crippen molar-refractivity contribution in [2.45, 2.75) is 122 Å². The Kier molecular flexibility index (Phi) is 14.4. The number of aromatic nitrogens is 1. The monoisotopic (exact) mass is 1010 g/mol. The lowest BCUT2D eigenvalue weighted by Gasteiger charge is -2.57. The molecule has 5 atom stereocenters. The fraction of sp³-hybridized carbons (Fsp3) is 0.481. The highest BCUT2D eigenvalue weighted by atomic mass is 32.1. The molecule has 3 aliphatic heterocycles. The van der Waals surface area contributed by atoms with E-state index in [2.05, 4.69) is 15.6 Å². The van der Waals surface area contributed by atoms with Gasteiger partial charge in [-0.1, -0.05) is 45.0 Å². The topological polar surface area (TPSA) is 200 Å². The average Bonchev–Trinajstić information content (AvgIpc) is 3.96. The molecule has 16 nitrogen and oxygen atoms in total. The van der Waals surface area contributed by atoms with Crippen LogP contribution in [0, 0.1) is 29.6 Å². The molecule has 382 valence electrons. The SMILES string of the molecule is Cc1ncoc1-c1ccc([C@H](C)NC(=O)[C@@H]2C[C@@H](O)CN2C(=O)C(NC(=O)COC[C@@H]2C[C@]3(C[C@@H](COc4ccc(N5C(=S)N(c6ccc(C#N)c(C(F)(F)F)c6)C(=O)C5(C)C)cc4)C3)O2)C(C)(C)C)cc1. The van der Waals surface area contributed by atoms with E-state index in [-0.39, 0.29) is 54.6 Å². The number of amides is 4. The number of aliphatic hydroxyl groups excluding tert-OH is 1. The number of nitrogens with zero attached hydrogens (tertiary/aromatic N) is 5. The summed E-state index contributed by atoms with van der Waals surface area (Å²) in [4.78, 5) is 62.7. The van der Waals surface area contributed by atoms with Crippen LogP contribution < -0.4 is 25.2 Å². The summed E-state index contributed by atoms with van der Waals surface area (Å²) < 4.78 is 64.8. The second kappa shape index (κ2) is 19.9. The number of likely N-dealkylation sites (tertiary alicyclic amines) is 1. The first kappa shape index (κ1) is 51.9. The number of aliphatic hydroxyl groups is 1. The van der Waals surface area contributed by atoms with Crippen molar-refractivity contribution in [2.24, 2.45) is 11.3 Å². The summed E-state index contributed by atoms with van der Waals surface area (Å²) in [5, 5.41) is 25.7. The standard InChI is InChI=1S/C52H58F3N7O9S/c1-29(32-8-10-33(11-9-32)43-30(2)57-28-70-43)58-45(65)41-19-37(63)24-60(41)46(66)44(49(3,4)5)59-42(64)27-68-26-39-22-51(71-39)20-31(21-51)25-69-38-16-14-35(15-17-38)62-48(72)61(47(67)50(62,6)7)36-13-12-34(23-56)40(18-36)52(53,54)55/h8-18,28-29,31,37,39,41,44,63H,19-22,24-27H2,1-7H3,(H,58,65)(H,59,64)/t29-,31-,37+,39-,41-,44?,51-/m0/s1. The fourth-order valence-electron chi connectivity index (χ4n) is 10.1. The van der Waals surface area contributed by atoms with Crippen LogP contribution in [0.5, 0.6) is 5.75 Å². The minimum atomic E-state index is -4.81. The minimum absolute atomic E-state index is 0.00712. The molecule has 1 aliphatic carbocycles. The Balaban J connectivity index is 0.764. The van der Waals surface area contributed by atoms with Crippen LogP contribution >= 0.6 is 12.2 Å². The van der Waals surface area contributed by atoms with Gasteiger partial charge in [-0.05, 0) is 112 Å². The van der Waals surface area contributed by atoms with Crippen molar-refractivity contribution in [3.63, 3.8) is 0 Å². The van der Waals surface area contributed by atoms with Gasteiger partial charge in [0.25, 0.3) is 5.91 Å². The number of thiocarbonyl (C=S) groups is 1. The first-order chi connectivity index (χ1) is 33.9. The van der Waals surface area contributed by atoms with E-state index in [0.29, 0.717) is 23.8 Å². The number of nitrogens with one attached hydrogen (secondary N) is 2. The van der Waals surface area contributed by atoms with Crippen molar-refractivity contribution < 1.29 is 56.1 Å². The van der Waals surface area contributed by atoms with Crippen molar-refractivity contribution in [1.29, 1.82) is 5.26 Å². The Morgan fingerprint density at radius 1 is 1.00 bits per heavy atom. The van der Waals surface area contributed by atoms with Crippen LogP contribution in [0.1, 0.15) is 95.7 Å². The maximum atomic E-state index is 14.1. The van der Waals surface area contributed by atoms with Crippen molar-refractivity contribution in [3.8, 4) is 23.1 Å². The van der Waals surface area contributed by atoms with Crippen molar-refractivity contribution >= 4 is 52.3 Å². The second-order valence-corrected chi connectivity index (χ2v) is 21.1. The summed E-state index contributed by atoms with van der Waals surface area (Å²) in [6.45, 7) is 12.6. The highest BCUT2D eigenvalue weighted by Crippen LogP contribution is 2.51. The predicted octanol–water partition coefficient (Wildman–Crippen LogP) is 7.16. The molecule has 4 heterocycles. The molecule has 1 aromatic heterocycles. The molecule has 3 N–H and O–H groups in total. The van der Waals surface area contributed by atoms with Gasteiger partial charge in [0.2, 0.25) is 17.7 Å². The van der Waals surface area contributed by atoms with Crippen molar-refractivity contribution in [3.05, 3.63) is 95.5 Å². The Hall–Kier alpha value is -6.40. The number of hydrogen-bond acceptors (Lipinski definition) is 12. The number of anilines is 2. The summed E-state index contributed by atoms with van der Waals surface area (Å²) in [5.41, 5.74) is -1.08. The third-order valence-electron chi connectivity index (χ3n) is 13.9. The highest BCUT2D eigenvalue weighted by molar-refractivity contribution is 7.81. The zero-order valence-electron chi connectivity index (χ0n) is 41.0. The van der Waals surface area contributed by atoms with Crippen LogP contribution in [0.15, 0.2) is 77.5 Å². The van der Waals surface area contributed by atoms with Gasteiger partial charge in [0.05, 0.1) is 65.6 Å². The largest absolute Gasteiger partial charge is 0.493 e. The molecule has 4 fully saturated rings. The lowest BCUT2D eigenvalue weighted by atomic mass is 9.65. The van der Waals surface area contributed by atoms with Gasteiger partial charge in [0, 0.05) is 30.6 Å². The zero-order valence-corrected chi connectivity index (χ0v) is 41.9. The molecule has 1 unspecified atom stereocenters. The Bertz CT molecular complexity index is 2760. The normalized spacial score (nSPS) is 23.6. The van der Waals surface area contributed by atoms with Gasteiger partial charge >= 0.3 is 6.18 Å². The highest BCUT2D eigenvalue weighted by Gasteiger charge is 2.55. The summed E-state index contributed by atoms with van der Waals surface area (Å²) >= 11 is 5.65. The van der Waals surface area contributed by atoms with E-state index in [9.17, 15) is 42.7 Å². The number of β-amino-alcohol motifs (C(OH)–C–C–N with tert-alkyl or cyclic N) is 1. The number of halogens is 3. The van der Waals surface area contributed by atoms with Crippen LogP contribution in [-0.2, 0) is 34.8 Å². The van der Waals surface area contributed by atoms with Gasteiger partial charge in [-0.2, -0.15) is 18.4 Å². The van der Waals surface area contributed by atoms with E-state index in [0.717, 1.165) is 53.1 Å². The van der Waals surface area contributed by atoms with Gasteiger partial charge in [-0.3, -0.25) is 24.1 Å². The number of nitriles is 1. The minimum Gasteiger partial charge on any atom is -0.493 e. The van der Waals surface area contributed by atoms with E-state index in [1.807, 2.05) is 58.9 Å². The Morgan fingerprint density at radius 3 is 2.28 bits per heavy atom. The van der Waals surface area contributed by atoms with Crippen molar-refractivity contribution in [1.82, 2.24) is 20.5 Å². The molecule has 3 aromatic carbocycles. The number of ether oxygens (including phenoxy) is 3. The molecule has 4 aliphatic rings. The van der Waals surface area contributed by atoms with Crippen LogP contribution in [0.3, 0.4) is 0 Å². The van der Waals surface area contributed by atoms with E-state index < -0.39 is 76.1 Å². The molecule has 4 amide bonds. The fourth-order valence-corrected chi connectivity index (χ4v) is 10.6. The van der Waals surface area contributed by atoms with E-state index >= 15 is 0 Å². The molecular weight excluding hydrogens is 956 g/mol. The molecular formula is C52H58F3N7O9S. The quantitative estimate of drug-likeness (QED) is 0.102. The second-order valence-electron chi connectivity index (χ2n) is 20.8. The maximum Gasteiger partial charge on any atom is 0.417 e. The van der Waals surface area contributed by atoms with Crippen LogP contribution in [0.25, 0.3) is 11.3 Å². The van der Waals surface area contributed by atoms with E-state index in [4.69, 9.17) is 30.8 Å². The zero-order chi connectivity index (χ0) is 52.1. The van der Waals surface area contributed by atoms with Gasteiger partial charge in [-0.25, -0.2) is 4.98 Å². The third kappa shape index (κ3) is 10.6. The maximum absolute atomic E-state index is 14.1. The number of alkyl halides is 3. The van der Waals surface area contributed by atoms with Crippen LogP contribution in [0.4, 0.5) is 24.5 Å². The van der Waals surface area contributed by atoms with Gasteiger partial charge in [0.15, 0.2) is 17.3 Å². The molecule has 4 aromatic rings. The number of oxazole rings is 1.